The van der Waals surface area contributed by atoms with E-state index in [0.29, 0.717) is 17.2 Å². The van der Waals surface area contributed by atoms with E-state index in [0.717, 1.165) is 5.56 Å². The number of anilines is 2. The van der Waals surface area contributed by atoms with Crippen LogP contribution in [0.5, 0.6) is 5.75 Å². The Bertz CT molecular complexity index is 1230. The summed E-state index contributed by atoms with van der Waals surface area (Å²) in [7, 11) is 1.51. The number of fused-ring (bicyclic) bond motifs is 1. The Morgan fingerprint density at radius 3 is 2.78 bits per heavy atom. The van der Waals surface area contributed by atoms with E-state index in [-0.39, 0.29) is 28.8 Å². The highest BCUT2D eigenvalue weighted by Gasteiger charge is 2.34. The summed E-state index contributed by atoms with van der Waals surface area (Å²) in [4.78, 5) is 44.9. The molecule has 1 aliphatic heterocycles. The number of halogens is 1. The minimum Gasteiger partial charge on any atom is -0.497 e. The van der Waals surface area contributed by atoms with Crippen LogP contribution in [0, 0.1) is 5.82 Å². The molecule has 2 amide bonds. The Balaban J connectivity index is 1.56. The minimum atomic E-state index is -0.989. The molecule has 3 aromatic rings. The van der Waals surface area contributed by atoms with Crippen molar-refractivity contribution in [3.05, 3.63) is 75.8 Å². The molecule has 0 spiro atoms. The maximum absolute atomic E-state index is 13.1. The smallest absolute Gasteiger partial charge is 0.257 e. The number of nitrogens with zero attached hydrogens (tertiary/aromatic N) is 1. The Morgan fingerprint density at radius 1 is 1.25 bits per heavy atom. The molecule has 0 bridgehead atoms. The van der Waals surface area contributed by atoms with Gasteiger partial charge in [0.2, 0.25) is 11.8 Å². The highest BCUT2D eigenvalue weighted by atomic mass is 32.2. The van der Waals surface area contributed by atoms with E-state index in [2.05, 4.69) is 20.6 Å². The summed E-state index contributed by atoms with van der Waals surface area (Å²) in [5, 5.41) is 5.59. The van der Waals surface area contributed by atoms with Crippen molar-refractivity contribution < 1.29 is 18.7 Å². The number of amides is 2. The number of rotatable bonds is 6. The maximum atomic E-state index is 13.1. The van der Waals surface area contributed by atoms with Gasteiger partial charge in [0.15, 0.2) is 5.16 Å². The first-order valence-corrected chi connectivity index (χ1v) is 10.7. The van der Waals surface area contributed by atoms with Crippen LogP contribution in [-0.4, -0.2) is 28.9 Å². The van der Waals surface area contributed by atoms with E-state index in [1.807, 2.05) is 0 Å². The fourth-order valence-corrected chi connectivity index (χ4v) is 4.12. The lowest BCUT2D eigenvalue weighted by Crippen LogP contribution is -2.36. The fourth-order valence-electron chi connectivity index (χ4n) is 3.31. The summed E-state index contributed by atoms with van der Waals surface area (Å²) in [5.74, 6) is -1.15. The highest BCUT2D eigenvalue weighted by molar-refractivity contribution is 7.98. The van der Waals surface area contributed by atoms with Crippen molar-refractivity contribution in [1.29, 1.82) is 0 Å². The topological polar surface area (TPSA) is 113 Å². The number of aromatic amines is 1. The molecule has 1 aliphatic rings. The van der Waals surface area contributed by atoms with Crippen molar-refractivity contribution in [2.45, 2.75) is 23.2 Å². The first-order chi connectivity index (χ1) is 15.4. The number of benzene rings is 2. The molecule has 0 saturated heterocycles. The van der Waals surface area contributed by atoms with Crippen molar-refractivity contribution in [3.8, 4) is 5.75 Å². The number of hydrogen-bond donors (Lipinski definition) is 3. The van der Waals surface area contributed by atoms with Gasteiger partial charge in [0, 0.05) is 23.9 Å². The fraction of sp³-hybridized carbons (Fsp3) is 0.182. The molecule has 10 heteroatoms. The van der Waals surface area contributed by atoms with Gasteiger partial charge in [-0.25, -0.2) is 9.37 Å². The number of aromatic nitrogens is 2. The van der Waals surface area contributed by atoms with Gasteiger partial charge in [0.05, 0.1) is 18.6 Å². The largest absolute Gasteiger partial charge is 0.497 e. The highest BCUT2D eigenvalue weighted by Crippen LogP contribution is 2.31. The van der Waals surface area contributed by atoms with E-state index >= 15 is 0 Å². The summed E-state index contributed by atoms with van der Waals surface area (Å²) in [5.41, 5.74) is 0.938. The quantitative estimate of drug-likeness (QED) is 0.389. The number of methoxy groups -OCH3 is 1. The third-order valence-electron chi connectivity index (χ3n) is 4.87. The summed E-state index contributed by atoms with van der Waals surface area (Å²) in [6.45, 7) is 0. The van der Waals surface area contributed by atoms with Crippen LogP contribution in [0.15, 0.2) is 58.5 Å². The number of H-pyrrole nitrogens is 1. The molecule has 8 nitrogen and oxygen atoms in total. The third-order valence-corrected chi connectivity index (χ3v) is 5.82. The summed E-state index contributed by atoms with van der Waals surface area (Å²) < 4.78 is 18.2. The zero-order valence-electron chi connectivity index (χ0n) is 17.0. The van der Waals surface area contributed by atoms with Gasteiger partial charge in [-0.05, 0) is 29.8 Å². The number of carbonyl (C=O) groups excluding carboxylic acids is 2. The number of hydrogen-bond acceptors (Lipinski definition) is 6. The predicted molar refractivity (Wildman–Crippen MR) is 118 cm³/mol. The lowest BCUT2D eigenvalue weighted by Gasteiger charge is -2.23. The standard InChI is InChI=1S/C22H19FN4O4S/c1-31-15-4-2-3-14(9-15)24-20(29)16-10-17(28)25-19-18(16)21(30)27-22(26-19)32-11-12-5-7-13(23)8-6-12/h2-9,16H,10-11H2,1H3,(H,24,29)(H2,25,26,27,28,30). The van der Waals surface area contributed by atoms with Gasteiger partial charge >= 0.3 is 0 Å². The summed E-state index contributed by atoms with van der Waals surface area (Å²) >= 11 is 1.23. The molecule has 4 rings (SSSR count). The van der Waals surface area contributed by atoms with Crippen LogP contribution >= 0.6 is 11.8 Å². The predicted octanol–water partition coefficient (Wildman–Crippen LogP) is 3.27. The minimum absolute atomic E-state index is 0.0670. The Labute approximate surface area is 186 Å². The van der Waals surface area contributed by atoms with E-state index < -0.39 is 23.3 Å². The third kappa shape index (κ3) is 4.80. The molecule has 0 aliphatic carbocycles. The van der Waals surface area contributed by atoms with Gasteiger partial charge in [-0.1, -0.05) is 30.0 Å². The van der Waals surface area contributed by atoms with Gasteiger partial charge in [0.25, 0.3) is 5.56 Å². The molecule has 1 atom stereocenters. The monoisotopic (exact) mass is 454 g/mol. The van der Waals surface area contributed by atoms with Gasteiger partial charge in [-0.2, -0.15) is 0 Å². The van der Waals surface area contributed by atoms with Gasteiger partial charge < -0.3 is 20.4 Å². The van der Waals surface area contributed by atoms with Crippen LogP contribution in [0.3, 0.4) is 0 Å². The van der Waals surface area contributed by atoms with Crippen molar-refractivity contribution in [3.63, 3.8) is 0 Å². The molecule has 2 heterocycles. The Kier molecular flexibility index (Phi) is 6.22. The second kappa shape index (κ2) is 9.23. The Morgan fingerprint density at radius 2 is 2.03 bits per heavy atom. The van der Waals surface area contributed by atoms with Crippen molar-refractivity contribution >= 4 is 35.1 Å². The molecule has 32 heavy (non-hydrogen) atoms. The van der Waals surface area contributed by atoms with Gasteiger partial charge in [-0.3, -0.25) is 14.4 Å². The Hall–Kier alpha value is -3.66. The SMILES string of the molecule is COc1cccc(NC(=O)C2CC(=O)Nc3nc(SCc4ccc(F)cc4)[nH]c(=O)c32)c1. The zero-order valence-corrected chi connectivity index (χ0v) is 17.8. The molecule has 3 N–H and O–H groups in total. The van der Waals surface area contributed by atoms with Crippen LogP contribution in [0.4, 0.5) is 15.9 Å². The molecule has 0 saturated carbocycles. The van der Waals surface area contributed by atoms with Crippen LogP contribution in [0.25, 0.3) is 0 Å². The van der Waals surface area contributed by atoms with Crippen LogP contribution in [-0.2, 0) is 15.3 Å². The average molecular weight is 454 g/mol. The van der Waals surface area contributed by atoms with Gasteiger partial charge in [-0.15, -0.1) is 0 Å². The second-order valence-electron chi connectivity index (χ2n) is 7.07. The van der Waals surface area contributed by atoms with E-state index in [1.165, 1.54) is 31.0 Å². The molecule has 0 radical (unpaired) electrons. The van der Waals surface area contributed by atoms with Crippen LogP contribution < -0.4 is 20.9 Å². The van der Waals surface area contributed by atoms with E-state index in [1.54, 1.807) is 36.4 Å². The number of ether oxygens (including phenoxy) is 1. The van der Waals surface area contributed by atoms with Gasteiger partial charge in [0.1, 0.15) is 17.4 Å². The molecule has 0 fully saturated rings. The number of nitrogens with one attached hydrogen (secondary N) is 3. The van der Waals surface area contributed by atoms with E-state index in [4.69, 9.17) is 4.74 Å². The van der Waals surface area contributed by atoms with Crippen LogP contribution in [0.1, 0.15) is 23.5 Å². The van der Waals surface area contributed by atoms with Crippen molar-refractivity contribution in [2.24, 2.45) is 0 Å². The average Bonchev–Trinajstić information content (AvgIpc) is 2.78. The second-order valence-corrected chi connectivity index (χ2v) is 8.04. The molecular formula is C22H19FN4O4S. The normalized spacial score (nSPS) is 14.9. The maximum Gasteiger partial charge on any atom is 0.257 e. The van der Waals surface area contributed by atoms with E-state index in [9.17, 15) is 18.8 Å². The molecule has 2 aromatic carbocycles. The lowest BCUT2D eigenvalue weighted by molar-refractivity contribution is -0.123. The van der Waals surface area contributed by atoms with Crippen molar-refractivity contribution in [1.82, 2.24) is 9.97 Å². The lowest BCUT2D eigenvalue weighted by atomic mass is 9.92. The summed E-state index contributed by atoms with van der Waals surface area (Å²) in [6.07, 6.45) is -0.171. The van der Waals surface area contributed by atoms with Crippen molar-refractivity contribution in [2.75, 3.05) is 17.7 Å². The summed E-state index contributed by atoms with van der Waals surface area (Å²) in [6, 6.07) is 12.8. The van der Waals surface area contributed by atoms with Crippen LogP contribution in [0.2, 0.25) is 0 Å². The first kappa shape index (κ1) is 21.6. The molecule has 1 unspecified atom stereocenters. The number of thioether (sulfide) groups is 1. The first-order valence-electron chi connectivity index (χ1n) is 9.69. The zero-order chi connectivity index (χ0) is 22.7. The molecule has 164 valence electrons. The molecular weight excluding hydrogens is 435 g/mol. The molecule has 1 aromatic heterocycles. The number of carbonyl (C=O) groups is 2.